The van der Waals surface area contributed by atoms with E-state index in [0.717, 1.165) is 18.4 Å². The fourth-order valence-electron chi connectivity index (χ4n) is 2.50. The van der Waals surface area contributed by atoms with E-state index >= 15 is 0 Å². The maximum absolute atomic E-state index is 12.2. The molecule has 0 aliphatic carbocycles. The molecule has 0 bridgehead atoms. The summed E-state index contributed by atoms with van der Waals surface area (Å²) in [7, 11) is 0. The highest BCUT2D eigenvalue weighted by molar-refractivity contribution is 5.91. The van der Waals surface area contributed by atoms with Crippen LogP contribution >= 0.6 is 0 Å². The molecular formula is C18H20N2O3. The molecule has 5 heteroatoms. The number of ether oxygens (including phenoxy) is 2. The molecule has 3 rings (SSSR count). The van der Waals surface area contributed by atoms with Crippen molar-refractivity contribution in [3.05, 3.63) is 54.2 Å². The number of carbonyl (C=O) groups is 1. The number of rotatable bonds is 5. The molecule has 2 heterocycles. The van der Waals surface area contributed by atoms with E-state index in [-0.39, 0.29) is 11.8 Å². The average molecular weight is 312 g/mol. The second-order valence-electron chi connectivity index (χ2n) is 5.53. The van der Waals surface area contributed by atoms with Gasteiger partial charge in [-0.05, 0) is 24.5 Å². The van der Waals surface area contributed by atoms with Gasteiger partial charge in [0.25, 0.3) is 0 Å². The highest BCUT2D eigenvalue weighted by atomic mass is 16.5. The predicted octanol–water partition coefficient (Wildman–Crippen LogP) is 3.03. The monoisotopic (exact) mass is 312 g/mol. The van der Waals surface area contributed by atoms with Gasteiger partial charge in [0.2, 0.25) is 5.91 Å². The van der Waals surface area contributed by atoms with Gasteiger partial charge in [-0.25, -0.2) is 4.98 Å². The van der Waals surface area contributed by atoms with Crippen LogP contribution < -0.4 is 10.1 Å². The normalized spacial score (nSPS) is 15.1. The smallest absolute Gasteiger partial charge is 0.228 e. The number of nitrogens with one attached hydrogen (secondary N) is 1. The number of anilines is 1. The zero-order valence-corrected chi connectivity index (χ0v) is 12.9. The SMILES string of the molecule is O=C(Nc1cc(OCc2ccccc2)ccn1)C1CCOCC1. The number of amides is 1. The lowest BCUT2D eigenvalue weighted by atomic mass is 9.99. The van der Waals surface area contributed by atoms with E-state index in [1.54, 1.807) is 18.3 Å². The van der Waals surface area contributed by atoms with Gasteiger partial charge in [0.1, 0.15) is 18.2 Å². The van der Waals surface area contributed by atoms with Crippen LogP contribution in [0, 0.1) is 5.92 Å². The van der Waals surface area contributed by atoms with Gasteiger partial charge in [-0.3, -0.25) is 4.79 Å². The topological polar surface area (TPSA) is 60.5 Å². The van der Waals surface area contributed by atoms with E-state index in [1.807, 2.05) is 30.3 Å². The quantitative estimate of drug-likeness (QED) is 0.922. The van der Waals surface area contributed by atoms with Crippen molar-refractivity contribution in [2.24, 2.45) is 5.92 Å². The fraction of sp³-hybridized carbons (Fsp3) is 0.333. The minimum atomic E-state index is -0.000516. The standard InChI is InChI=1S/C18H20N2O3/c21-18(15-7-10-22-11-8-15)20-17-12-16(6-9-19-17)23-13-14-4-2-1-3-5-14/h1-6,9,12,15H,7-8,10-11,13H2,(H,19,20,21). The Morgan fingerprint density at radius 2 is 2.00 bits per heavy atom. The first-order valence-corrected chi connectivity index (χ1v) is 7.82. The minimum absolute atomic E-state index is 0.000516. The number of pyridine rings is 1. The van der Waals surface area contributed by atoms with Gasteiger partial charge in [-0.2, -0.15) is 0 Å². The first-order chi connectivity index (χ1) is 11.3. The Morgan fingerprint density at radius 3 is 2.78 bits per heavy atom. The highest BCUT2D eigenvalue weighted by Crippen LogP contribution is 2.19. The molecule has 0 saturated carbocycles. The van der Waals surface area contributed by atoms with Gasteiger partial charge < -0.3 is 14.8 Å². The van der Waals surface area contributed by atoms with Crippen LogP contribution in [-0.2, 0) is 16.1 Å². The van der Waals surface area contributed by atoms with Crippen molar-refractivity contribution in [1.29, 1.82) is 0 Å². The maximum Gasteiger partial charge on any atom is 0.228 e. The zero-order chi connectivity index (χ0) is 15.9. The maximum atomic E-state index is 12.2. The van der Waals surface area contributed by atoms with Crippen molar-refractivity contribution in [1.82, 2.24) is 4.98 Å². The molecule has 0 unspecified atom stereocenters. The van der Waals surface area contributed by atoms with Crippen LogP contribution in [0.2, 0.25) is 0 Å². The van der Waals surface area contributed by atoms with E-state index in [9.17, 15) is 4.79 Å². The Bertz CT molecular complexity index is 640. The van der Waals surface area contributed by atoms with E-state index in [1.165, 1.54) is 0 Å². The molecular weight excluding hydrogens is 292 g/mol. The van der Waals surface area contributed by atoms with E-state index in [0.29, 0.717) is 31.4 Å². The third kappa shape index (κ3) is 4.53. The van der Waals surface area contributed by atoms with Gasteiger partial charge in [0.15, 0.2) is 0 Å². The molecule has 1 fully saturated rings. The number of nitrogens with zero attached hydrogens (tertiary/aromatic N) is 1. The van der Waals surface area contributed by atoms with Gasteiger partial charge in [-0.1, -0.05) is 30.3 Å². The summed E-state index contributed by atoms with van der Waals surface area (Å²) in [4.78, 5) is 16.4. The van der Waals surface area contributed by atoms with Crippen molar-refractivity contribution < 1.29 is 14.3 Å². The molecule has 1 saturated heterocycles. The molecule has 1 aliphatic heterocycles. The van der Waals surface area contributed by atoms with Crippen molar-refractivity contribution in [3.63, 3.8) is 0 Å². The van der Waals surface area contributed by atoms with Crippen molar-refractivity contribution in [2.45, 2.75) is 19.4 Å². The molecule has 1 aromatic carbocycles. The molecule has 0 atom stereocenters. The Balaban J connectivity index is 1.57. The number of carbonyl (C=O) groups excluding carboxylic acids is 1. The number of hydrogen-bond donors (Lipinski definition) is 1. The van der Waals surface area contributed by atoms with E-state index in [4.69, 9.17) is 9.47 Å². The summed E-state index contributed by atoms with van der Waals surface area (Å²) in [5, 5.41) is 2.86. The van der Waals surface area contributed by atoms with Crippen LogP contribution in [0.25, 0.3) is 0 Å². The summed E-state index contributed by atoms with van der Waals surface area (Å²) in [6, 6.07) is 13.5. The van der Waals surface area contributed by atoms with Crippen LogP contribution in [0.3, 0.4) is 0 Å². The summed E-state index contributed by atoms with van der Waals surface area (Å²) in [6.07, 6.45) is 3.16. The molecule has 5 nitrogen and oxygen atoms in total. The molecule has 1 N–H and O–H groups in total. The first kappa shape index (κ1) is 15.5. The van der Waals surface area contributed by atoms with Crippen LogP contribution in [-0.4, -0.2) is 24.1 Å². The van der Waals surface area contributed by atoms with E-state index < -0.39 is 0 Å². The summed E-state index contributed by atoms with van der Waals surface area (Å²) >= 11 is 0. The summed E-state index contributed by atoms with van der Waals surface area (Å²) in [5.74, 6) is 1.21. The highest BCUT2D eigenvalue weighted by Gasteiger charge is 2.21. The second kappa shape index (κ2) is 7.74. The summed E-state index contributed by atoms with van der Waals surface area (Å²) in [5.41, 5.74) is 1.09. The van der Waals surface area contributed by atoms with E-state index in [2.05, 4.69) is 10.3 Å². The van der Waals surface area contributed by atoms with Crippen molar-refractivity contribution in [2.75, 3.05) is 18.5 Å². The molecule has 1 aliphatic rings. The van der Waals surface area contributed by atoms with Crippen molar-refractivity contribution in [3.8, 4) is 5.75 Å². The molecule has 0 spiro atoms. The van der Waals surface area contributed by atoms with Gasteiger partial charge in [0, 0.05) is 31.4 Å². The number of aromatic nitrogens is 1. The predicted molar refractivity (Wildman–Crippen MR) is 87.2 cm³/mol. The molecule has 120 valence electrons. The van der Waals surface area contributed by atoms with Crippen LogP contribution in [0.1, 0.15) is 18.4 Å². The summed E-state index contributed by atoms with van der Waals surface area (Å²) in [6.45, 7) is 1.77. The van der Waals surface area contributed by atoms with Gasteiger partial charge in [-0.15, -0.1) is 0 Å². The molecule has 0 radical (unpaired) electrons. The molecule has 1 aromatic heterocycles. The Kier molecular flexibility index (Phi) is 5.21. The largest absolute Gasteiger partial charge is 0.489 e. The number of benzene rings is 1. The minimum Gasteiger partial charge on any atom is -0.489 e. The lowest BCUT2D eigenvalue weighted by Crippen LogP contribution is -2.28. The summed E-state index contributed by atoms with van der Waals surface area (Å²) < 4.78 is 11.0. The van der Waals surface area contributed by atoms with Crippen LogP contribution in [0.4, 0.5) is 5.82 Å². The third-order valence-corrected chi connectivity index (χ3v) is 3.82. The fourth-order valence-corrected chi connectivity index (χ4v) is 2.50. The number of hydrogen-bond acceptors (Lipinski definition) is 4. The Labute approximate surface area is 135 Å². The van der Waals surface area contributed by atoms with Gasteiger partial charge >= 0.3 is 0 Å². The first-order valence-electron chi connectivity index (χ1n) is 7.82. The lowest BCUT2D eigenvalue weighted by Gasteiger charge is -2.21. The Hall–Kier alpha value is -2.40. The zero-order valence-electron chi connectivity index (χ0n) is 12.9. The molecule has 23 heavy (non-hydrogen) atoms. The molecule has 1 amide bonds. The average Bonchev–Trinajstić information content (AvgIpc) is 2.62. The Morgan fingerprint density at radius 1 is 1.22 bits per heavy atom. The molecule has 2 aromatic rings. The van der Waals surface area contributed by atoms with Crippen LogP contribution in [0.15, 0.2) is 48.7 Å². The second-order valence-corrected chi connectivity index (χ2v) is 5.53. The third-order valence-electron chi connectivity index (χ3n) is 3.82. The van der Waals surface area contributed by atoms with Crippen LogP contribution in [0.5, 0.6) is 5.75 Å². The van der Waals surface area contributed by atoms with Gasteiger partial charge in [0.05, 0.1) is 0 Å². The van der Waals surface area contributed by atoms with Crippen molar-refractivity contribution >= 4 is 11.7 Å². The lowest BCUT2D eigenvalue weighted by molar-refractivity contribution is -0.122.